The summed E-state index contributed by atoms with van der Waals surface area (Å²) in [5, 5.41) is 0.681. The van der Waals surface area contributed by atoms with E-state index in [1.807, 2.05) is 16.8 Å². The first kappa shape index (κ1) is 9.21. The zero-order chi connectivity index (χ0) is 9.97. The van der Waals surface area contributed by atoms with Gasteiger partial charge in [0, 0.05) is 30.2 Å². The minimum absolute atomic E-state index is 0.681. The number of rotatable bonds is 2. The third-order valence-electron chi connectivity index (χ3n) is 2.01. The van der Waals surface area contributed by atoms with Crippen molar-refractivity contribution in [1.29, 1.82) is 0 Å². The maximum Gasteiger partial charge on any atom is 0.158 e. The normalized spacial score (nSPS) is 10.4. The lowest BCUT2D eigenvalue weighted by atomic mass is 10.3. The molecule has 0 spiro atoms. The van der Waals surface area contributed by atoms with Crippen molar-refractivity contribution in [2.45, 2.75) is 13.5 Å². The van der Waals surface area contributed by atoms with E-state index in [0.717, 1.165) is 18.1 Å². The van der Waals surface area contributed by atoms with Crippen molar-refractivity contribution in [3.05, 3.63) is 35.7 Å². The third-order valence-corrected chi connectivity index (χ3v) is 2.24. The second kappa shape index (κ2) is 3.80. The molecule has 14 heavy (non-hydrogen) atoms. The average Bonchev–Trinajstić information content (AvgIpc) is 2.65. The minimum Gasteiger partial charge on any atom is -0.330 e. The van der Waals surface area contributed by atoms with E-state index < -0.39 is 0 Å². The summed E-state index contributed by atoms with van der Waals surface area (Å²) in [5.41, 5.74) is 0.810. The molecule has 0 saturated carbocycles. The molecule has 0 atom stereocenters. The molecule has 4 heteroatoms. The number of aromatic nitrogens is 3. The summed E-state index contributed by atoms with van der Waals surface area (Å²) in [6.45, 7) is 2.94. The van der Waals surface area contributed by atoms with Crippen LogP contribution in [0.3, 0.4) is 0 Å². The summed E-state index contributed by atoms with van der Waals surface area (Å²) in [6.07, 6.45) is 5.38. The maximum absolute atomic E-state index is 5.88. The zero-order valence-electron chi connectivity index (χ0n) is 7.81. The minimum atomic E-state index is 0.681. The Balaban J connectivity index is 2.49. The predicted molar refractivity (Wildman–Crippen MR) is 56.1 cm³/mol. The summed E-state index contributed by atoms with van der Waals surface area (Å²) < 4.78 is 2.03. The van der Waals surface area contributed by atoms with Gasteiger partial charge in [0.1, 0.15) is 5.69 Å². The van der Waals surface area contributed by atoms with E-state index in [-0.39, 0.29) is 0 Å². The molecule has 0 aromatic carbocycles. The van der Waals surface area contributed by atoms with Crippen LogP contribution in [0.15, 0.2) is 30.7 Å². The molecule has 2 aromatic heterocycles. The van der Waals surface area contributed by atoms with Crippen LogP contribution in [0, 0.1) is 0 Å². The zero-order valence-corrected chi connectivity index (χ0v) is 8.57. The average molecular weight is 208 g/mol. The summed E-state index contributed by atoms with van der Waals surface area (Å²) in [5.74, 6) is 0.856. The first-order chi connectivity index (χ1) is 6.81. The smallest absolute Gasteiger partial charge is 0.158 e. The second-order valence-corrected chi connectivity index (χ2v) is 3.33. The quantitative estimate of drug-likeness (QED) is 0.758. The number of halogens is 1. The van der Waals surface area contributed by atoms with Crippen LogP contribution in [0.2, 0.25) is 5.02 Å². The number of pyridine rings is 1. The highest BCUT2D eigenvalue weighted by Gasteiger charge is 2.05. The summed E-state index contributed by atoms with van der Waals surface area (Å²) in [7, 11) is 0. The van der Waals surface area contributed by atoms with Crippen LogP contribution >= 0.6 is 11.6 Å². The van der Waals surface area contributed by atoms with Crippen LogP contribution in [0.1, 0.15) is 6.92 Å². The van der Waals surface area contributed by atoms with Crippen molar-refractivity contribution in [2.75, 3.05) is 0 Å². The van der Waals surface area contributed by atoms with Gasteiger partial charge in [-0.25, -0.2) is 4.98 Å². The van der Waals surface area contributed by atoms with Gasteiger partial charge in [0.05, 0.1) is 0 Å². The van der Waals surface area contributed by atoms with Gasteiger partial charge in [-0.3, -0.25) is 4.98 Å². The molecule has 0 saturated heterocycles. The van der Waals surface area contributed by atoms with Crippen molar-refractivity contribution in [1.82, 2.24) is 14.5 Å². The fourth-order valence-corrected chi connectivity index (χ4v) is 1.48. The molecule has 0 aliphatic heterocycles. The first-order valence-electron chi connectivity index (χ1n) is 4.44. The van der Waals surface area contributed by atoms with Crippen LogP contribution < -0.4 is 0 Å². The molecule has 0 radical (unpaired) electrons. The number of hydrogen-bond acceptors (Lipinski definition) is 2. The first-order valence-corrected chi connectivity index (χ1v) is 4.82. The Hall–Kier alpha value is -1.35. The van der Waals surface area contributed by atoms with Crippen LogP contribution in [0.4, 0.5) is 0 Å². The molecule has 0 unspecified atom stereocenters. The molecular weight excluding hydrogens is 198 g/mol. The molecule has 3 nitrogen and oxygen atoms in total. The molecule has 2 rings (SSSR count). The van der Waals surface area contributed by atoms with Crippen LogP contribution in [0.5, 0.6) is 0 Å². The highest BCUT2D eigenvalue weighted by molar-refractivity contribution is 6.30. The molecule has 0 bridgehead atoms. The van der Waals surface area contributed by atoms with Gasteiger partial charge in [-0.15, -0.1) is 0 Å². The summed E-state index contributed by atoms with van der Waals surface area (Å²) >= 11 is 5.88. The topological polar surface area (TPSA) is 30.7 Å². The molecule has 2 aromatic rings. The second-order valence-electron chi connectivity index (χ2n) is 2.90. The Morgan fingerprint density at radius 2 is 2.21 bits per heavy atom. The van der Waals surface area contributed by atoms with Crippen molar-refractivity contribution in [3.8, 4) is 11.5 Å². The van der Waals surface area contributed by atoms with E-state index >= 15 is 0 Å². The van der Waals surface area contributed by atoms with E-state index in [0.29, 0.717) is 5.02 Å². The van der Waals surface area contributed by atoms with Gasteiger partial charge >= 0.3 is 0 Å². The van der Waals surface area contributed by atoms with Gasteiger partial charge < -0.3 is 4.57 Å². The van der Waals surface area contributed by atoms with Gasteiger partial charge in [-0.2, -0.15) is 0 Å². The number of nitrogens with zero attached hydrogens (tertiary/aromatic N) is 3. The SMILES string of the molecule is CCn1ccnc1-c1cc(Cl)ccn1. The van der Waals surface area contributed by atoms with Gasteiger partial charge in [0.2, 0.25) is 0 Å². The fraction of sp³-hybridized carbons (Fsp3) is 0.200. The van der Waals surface area contributed by atoms with E-state index in [1.54, 1.807) is 18.5 Å². The molecule has 0 aliphatic carbocycles. The lowest BCUT2D eigenvalue weighted by Crippen LogP contribution is -1.97. The van der Waals surface area contributed by atoms with Crippen molar-refractivity contribution >= 4 is 11.6 Å². The van der Waals surface area contributed by atoms with Crippen molar-refractivity contribution in [2.24, 2.45) is 0 Å². The van der Waals surface area contributed by atoms with E-state index in [1.165, 1.54) is 0 Å². The van der Waals surface area contributed by atoms with Crippen molar-refractivity contribution in [3.63, 3.8) is 0 Å². The Kier molecular flexibility index (Phi) is 2.50. The van der Waals surface area contributed by atoms with Gasteiger partial charge in [-0.05, 0) is 19.1 Å². The summed E-state index contributed by atoms with van der Waals surface area (Å²) in [4.78, 5) is 8.46. The molecule has 72 valence electrons. The highest BCUT2D eigenvalue weighted by atomic mass is 35.5. The van der Waals surface area contributed by atoms with Gasteiger partial charge in [-0.1, -0.05) is 11.6 Å². The van der Waals surface area contributed by atoms with E-state index in [4.69, 9.17) is 11.6 Å². The number of aryl methyl sites for hydroxylation is 1. The predicted octanol–water partition coefficient (Wildman–Crippen LogP) is 2.62. The largest absolute Gasteiger partial charge is 0.330 e. The third kappa shape index (κ3) is 1.63. The Labute approximate surface area is 87.4 Å². The van der Waals surface area contributed by atoms with Gasteiger partial charge in [0.15, 0.2) is 5.82 Å². The highest BCUT2D eigenvalue weighted by Crippen LogP contribution is 2.18. The van der Waals surface area contributed by atoms with Crippen LogP contribution in [0.25, 0.3) is 11.5 Å². The fourth-order valence-electron chi connectivity index (χ4n) is 1.32. The summed E-state index contributed by atoms with van der Waals surface area (Å²) in [6, 6.07) is 3.57. The van der Waals surface area contributed by atoms with Crippen molar-refractivity contribution < 1.29 is 0 Å². The van der Waals surface area contributed by atoms with Gasteiger partial charge in [0.25, 0.3) is 0 Å². The maximum atomic E-state index is 5.88. The molecular formula is C10H10ClN3. The standard InChI is InChI=1S/C10H10ClN3/c1-2-14-6-5-13-10(14)9-7-8(11)3-4-12-9/h3-7H,2H2,1H3. The molecule has 0 amide bonds. The Morgan fingerprint density at radius 3 is 2.93 bits per heavy atom. The molecule has 2 heterocycles. The lowest BCUT2D eigenvalue weighted by molar-refractivity contribution is 0.768. The Bertz CT molecular complexity index is 436. The van der Waals surface area contributed by atoms with Crippen LogP contribution in [-0.4, -0.2) is 14.5 Å². The molecule has 0 fully saturated rings. The van der Waals surface area contributed by atoms with E-state index in [9.17, 15) is 0 Å². The van der Waals surface area contributed by atoms with E-state index in [2.05, 4.69) is 16.9 Å². The molecule has 0 aliphatic rings. The van der Waals surface area contributed by atoms with Crippen LogP contribution in [-0.2, 0) is 6.54 Å². The number of hydrogen-bond donors (Lipinski definition) is 0. The monoisotopic (exact) mass is 207 g/mol. The lowest BCUT2D eigenvalue weighted by Gasteiger charge is -2.03. The Morgan fingerprint density at radius 1 is 1.36 bits per heavy atom. The number of imidazole rings is 1. The molecule has 0 N–H and O–H groups in total.